The quantitative estimate of drug-likeness (QED) is 0.479. The third kappa shape index (κ3) is 3.08. The van der Waals surface area contributed by atoms with Crippen LogP contribution in [0.5, 0.6) is 0 Å². The second kappa shape index (κ2) is 5.79. The van der Waals surface area contributed by atoms with E-state index in [0.29, 0.717) is 18.0 Å². The number of aromatic nitrogens is 3. The van der Waals surface area contributed by atoms with Gasteiger partial charge in [-0.1, -0.05) is 11.3 Å². The number of alkyl halides is 1. The first kappa shape index (κ1) is 13.5. The molecule has 0 saturated carbocycles. The molecule has 1 aromatic carbocycles. The molecule has 0 saturated heterocycles. The SMILES string of the molecule is Cc1ccc(-n2cc(CCCCl)nn2)c([N+](=O)[O-])c1. The molecule has 6 nitrogen and oxygen atoms in total. The van der Waals surface area contributed by atoms with E-state index in [4.69, 9.17) is 11.6 Å². The first-order valence-electron chi connectivity index (χ1n) is 5.84. The molecule has 0 spiro atoms. The number of rotatable bonds is 5. The van der Waals surface area contributed by atoms with Crippen molar-refractivity contribution in [3.05, 3.63) is 45.8 Å². The minimum Gasteiger partial charge on any atom is -0.258 e. The summed E-state index contributed by atoms with van der Waals surface area (Å²) in [6, 6.07) is 5.01. The van der Waals surface area contributed by atoms with Crippen LogP contribution < -0.4 is 0 Å². The van der Waals surface area contributed by atoms with Crippen LogP contribution in [0.1, 0.15) is 17.7 Å². The second-order valence-corrected chi connectivity index (χ2v) is 4.57. The zero-order valence-electron chi connectivity index (χ0n) is 10.4. The van der Waals surface area contributed by atoms with Gasteiger partial charge in [-0.05, 0) is 31.4 Å². The van der Waals surface area contributed by atoms with Crippen LogP contribution in [0.4, 0.5) is 5.69 Å². The third-order valence-electron chi connectivity index (χ3n) is 2.68. The highest BCUT2D eigenvalue weighted by Crippen LogP contribution is 2.23. The van der Waals surface area contributed by atoms with Gasteiger partial charge in [-0.2, -0.15) is 0 Å². The Kier molecular flexibility index (Phi) is 4.11. The molecule has 2 aromatic rings. The van der Waals surface area contributed by atoms with E-state index in [-0.39, 0.29) is 5.69 Å². The lowest BCUT2D eigenvalue weighted by Crippen LogP contribution is -2.01. The van der Waals surface area contributed by atoms with Gasteiger partial charge in [0.25, 0.3) is 5.69 Å². The summed E-state index contributed by atoms with van der Waals surface area (Å²) in [4.78, 5) is 10.6. The maximum atomic E-state index is 11.1. The Morgan fingerprint density at radius 2 is 2.26 bits per heavy atom. The number of aryl methyl sites for hydroxylation is 2. The first-order valence-corrected chi connectivity index (χ1v) is 6.38. The van der Waals surface area contributed by atoms with Gasteiger partial charge >= 0.3 is 0 Å². The highest BCUT2D eigenvalue weighted by atomic mass is 35.5. The number of nitro groups is 1. The van der Waals surface area contributed by atoms with E-state index in [9.17, 15) is 10.1 Å². The Hall–Kier alpha value is -1.95. The van der Waals surface area contributed by atoms with Crippen LogP contribution in [-0.4, -0.2) is 25.8 Å². The number of benzene rings is 1. The highest BCUT2D eigenvalue weighted by molar-refractivity contribution is 6.17. The Morgan fingerprint density at radius 3 is 2.95 bits per heavy atom. The van der Waals surface area contributed by atoms with Crippen LogP contribution in [0.15, 0.2) is 24.4 Å². The molecule has 0 amide bonds. The molecule has 0 aliphatic heterocycles. The molecule has 0 atom stereocenters. The molecule has 0 fully saturated rings. The van der Waals surface area contributed by atoms with Gasteiger partial charge in [0.1, 0.15) is 5.69 Å². The number of nitro benzene ring substituents is 1. The van der Waals surface area contributed by atoms with Crippen molar-refractivity contribution in [1.82, 2.24) is 15.0 Å². The molecule has 0 aliphatic rings. The zero-order valence-corrected chi connectivity index (χ0v) is 11.2. The minimum absolute atomic E-state index is 0.0220. The van der Waals surface area contributed by atoms with Crippen molar-refractivity contribution in [2.45, 2.75) is 19.8 Å². The monoisotopic (exact) mass is 280 g/mol. The molecule has 100 valence electrons. The lowest BCUT2D eigenvalue weighted by molar-refractivity contribution is -0.384. The maximum absolute atomic E-state index is 11.1. The fraction of sp³-hybridized carbons (Fsp3) is 0.333. The Bertz CT molecular complexity index is 597. The molecule has 0 aliphatic carbocycles. The van der Waals surface area contributed by atoms with E-state index in [2.05, 4.69) is 10.3 Å². The van der Waals surface area contributed by atoms with Gasteiger partial charge in [0.2, 0.25) is 0 Å². The lowest BCUT2D eigenvalue weighted by Gasteiger charge is -2.02. The van der Waals surface area contributed by atoms with Gasteiger partial charge in [0, 0.05) is 11.9 Å². The molecule has 2 rings (SSSR count). The zero-order chi connectivity index (χ0) is 13.8. The Balaban J connectivity index is 2.36. The molecule has 1 heterocycles. The predicted octanol–water partition coefficient (Wildman–Crippen LogP) is 2.66. The molecular formula is C12H13ClN4O2. The summed E-state index contributed by atoms with van der Waals surface area (Å²) in [6.45, 7) is 1.81. The molecule has 1 aromatic heterocycles. The normalized spacial score (nSPS) is 10.6. The van der Waals surface area contributed by atoms with Gasteiger partial charge in [-0.15, -0.1) is 16.7 Å². The standard InChI is InChI=1S/C12H13ClN4O2/c1-9-4-5-11(12(7-9)17(18)19)16-8-10(14-15-16)3-2-6-13/h4-5,7-8H,2-3,6H2,1H3. The average Bonchev–Trinajstić information content (AvgIpc) is 2.84. The van der Waals surface area contributed by atoms with Gasteiger partial charge in [-0.3, -0.25) is 10.1 Å². The van der Waals surface area contributed by atoms with Crippen molar-refractivity contribution in [2.75, 3.05) is 5.88 Å². The van der Waals surface area contributed by atoms with E-state index in [1.165, 1.54) is 10.7 Å². The number of hydrogen-bond acceptors (Lipinski definition) is 4. The predicted molar refractivity (Wildman–Crippen MR) is 71.8 cm³/mol. The van der Waals surface area contributed by atoms with Crippen molar-refractivity contribution in [3.63, 3.8) is 0 Å². The summed E-state index contributed by atoms with van der Waals surface area (Å²) >= 11 is 5.62. The topological polar surface area (TPSA) is 73.8 Å². The summed E-state index contributed by atoms with van der Waals surface area (Å²) in [5, 5.41) is 19.0. The van der Waals surface area contributed by atoms with Gasteiger partial charge < -0.3 is 0 Å². The molecule has 19 heavy (non-hydrogen) atoms. The smallest absolute Gasteiger partial charge is 0.258 e. The first-order chi connectivity index (χ1) is 9.11. The maximum Gasteiger partial charge on any atom is 0.295 e. The molecule has 0 bridgehead atoms. The van der Waals surface area contributed by atoms with Crippen molar-refractivity contribution < 1.29 is 4.92 Å². The largest absolute Gasteiger partial charge is 0.295 e. The van der Waals surface area contributed by atoms with E-state index < -0.39 is 4.92 Å². The Morgan fingerprint density at radius 1 is 1.47 bits per heavy atom. The van der Waals surface area contributed by atoms with E-state index >= 15 is 0 Å². The number of nitrogens with zero attached hydrogens (tertiary/aromatic N) is 4. The fourth-order valence-corrected chi connectivity index (χ4v) is 1.89. The van der Waals surface area contributed by atoms with Crippen LogP contribution in [-0.2, 0) is 6.42 Å². The van der Waals surface area contributed by atoms with Crippen LogP contribution in [0.3, 0.4) is 0 Å². The van der Waals surface area contributed by atoms with E-state index in [0.717, 1.165) is 17.7 Å². The molecule has 0 unspecified atom stereocenters. The second-order valence-electron chi connectivity index (χ2n) is 4.20. The van der Waals surface area contributed by atoms with Gasteiger partial charge in [-0.25, -0.2) is 4.68 Å². The van der Waals surface area contributed by atoms with Crippen molar-refractivity contribution >= 4 is 17.3 Å². The van der Waals surface area contributed by atoms with E-state index in [1.54, 1.807) is 12.3 Å². The molecule has 0 N–H and O–H groups in total. The summed E-state index contributed by atoms with van der Waals surface area (Å²) in [5.74, 6) is 0.553. The number of hydrogen-bond donors (Lipinski definition) is 0. The summed E-state index contributed by atoms with van der Waals surface area (Å²) in [5.41, 5.74) is 2.04. The van der Waals surface area contributed by atoms with Crippen molar-refractivity contribution in [1.29, 1.82) is 0 Å². The van der Waals surface area contributed by atoms with Crippen LogP contribution >= 0.6 is 11.6 Å². The molecule has 7 heteroatoms. The fourth-order valence-electron chi connectivity index (χ4n) is 1.75. The van der Waals surface area contributed by atoms with Crippen LogP contribution in [0.25, 0.3) is 5.69 Å². The third-order valence-corrected chi connectivity index (χ3v) is 2.95. The summed E-state index contributed by atoms with van der Waals surface area (Å²) in [6.07, 6.45) is 3.21. The number of halogens is 1. The summed E-state index contributed by atoms with van der Waals surface area (Å²) < 4.78 is 1.43. The van der Waals surface area contributed by atoms with Crippen molar-refractivity contribution in [2.24, 2.45) is 0 Å². The van der Waals surface area contributed by atoms with Gasteiger partial charge in [0.05, 0.1) is 16.8 Å². The minimum atomic E-state index is -0.414. The van der Waals surface area contributed by atoms with E-state index in [1.807, 2.05) is 13.0 Å². The average molecular weight is 281 g/mol. The van der Waals surface area contributed by atoms with Crippen LogP contribution in [0.2, 0.25) is 0 Å². The highest BCUT2D eigenvalue weighted by Gasteiger charge is 2.16. The summed E-state index contributed by atoms with van der Waals surface area (Å²) in [7, 11) is 0. The molecule has 0 radical (unpaired) electrons. The van der Waals surface area contributed by atoms with Crippen LogP contribution in [0, 0.1) is 17.0 Å². The van der Waals surface area contributed by atoms with Crippen molar-refractivity contribution in [3.8, 4) is 5.69 Å². The molecular weight excluding hydrogens is 268 g/mol. The lowest BCUT2D eigenvalue weighted by atomic mass is 10.2. The van der Waals surface area contributed by atoms with Gasteiger partial charge in [0.15, 0.2) is 0 Å². The Labute approximate surface area is 115 Å².